The van der Waals surface area contributed by atoms with Gasteiger partial charge in [-0.25, -0.2) is 4.98 Å². The van der Waals surface area contributed by atoms with Crippen LogP contribution in [0.15, 0.2) is 47.8 Å². The lowest BCUT2D eigenvalue weighted by Crippen LogP contribution is -2.33. The van der Waals surface area contributed by atoms with Gasteiger partial charge in [0.15, 0.2) is 11.5 Å². The number of aryl methyl sites for hydroxylation is 1. The highest BCUT2D eigenvalue weighted by molar-refractivity contribution is 5.70. The zero-order valence-corrected chi connectivity index (χ0v) is 17.7. The van der Waals surface area contributed by atoms with Gasteiger partial charge in [0.2, 0.25) is 0 Å². The number of methoxy groups -OCH3 is 1. The number of ether oxygens (including phenoxy) is 1. The second kappa shape index (κ2) is 7.46. The van der Waals surface area contributed by atoms with Gasteiger partial charge < -0.3 is 9.64 Å². The molecule has 4 aromatic heterocycles. The second-order valence-electron chi connectivity index (χ2n) is 7.67. The molecule has 4 aromatic rings. The van der Waals surface area contributed by atoms with Crippen LogP contribution in [0.5, 0.6) is 5.75 Å². The maximum absolute atomic E-state index is 12.4. The number of rotatable bonds is 3. The summed E-state index contributed by atoms with van der Waals surface area (Å²) in [4.78, 5) is 27.8. The normalized spacial score (nSPS) is 13.3. The molecule has 0 amide bonds. The maximum atomic E-state index is 12.4. The van der Waals surface area contributed by atoms with Crippen LogP contribution < -0.4 is 15.2 Å². The van der Waals surface area contributed by atoms with Gasteiger partial charge in [-0.2, -0.15) is 4.52 Å². The lowest BCUT2D eigenvalue weighted by molar-refractivity contribution is 0.414. The Morgan fingerprint density at radius 2 is 1.94 bits per heavy atom. The Morgan fingerprint density at radius 3 is 2.77 bits per heavy atom. The van der Waals surface area contributed by atoms with E-state index in [4.69, 9.17) is 9.72 Å². The molecule has 8 heteroatoms. The Bertz CT molecular complexity index is 1360. The maximum Gasteiger partial charge on any atom is 0.274 e. The molecule has 156 valence electrons. The predicted molar refractivity (Wildman–Crippen MR) is 118 cm³/mol. The van der Waals surface area contributed by atoms with E-state index in [1.165, 1.54) is 16.8 Å². The summed E-state index contributed by atoms with van der Waals surface area (Å²) >= 11 is 0. The van der Waals surface area contributed by atoms with E-state index < -0.39 is 0 Å². The average Bonchev–Trinajstić information content (AvgIpc) is 2.81. The summed E-state index contributed by atoms with van der Waals surface area (Å²) in [6.45, 7) is 5.46. The zero-order valence-electron chi connectivity index (χ0n) is 17.7. The number of nitrogens with zero attached hydrogens (tertiary/aromatic N) is 6. The summed E-state index contributed by atoms with van der Waals surface area (Å²) in [7, 11) is 1.64. The van der Waals surface area contributed by atoms with E-state index in [9.17, 15) is 4.79 Å². The smallest absolute Gasteiger partial charge is 0.274 e. The molecule has 5 heterocycles. The first-order chi connectivity index (χ1) is 15.1. The third-order valence-electron chi connectivity index (χ3n) is 5.91. The molecule has 8 nitrogen and oxygen atoms in total. The molecule has 1 aliphatic heterocycles. The molecule has 0 aliphatic carbocycles. The number of fused-ring (bicyclic) bond motifs is 2. The molecule has 0 saturated carbocycles. The highest BCUT2D eigenvalue weighted by atomic mass is 16.5. The van der Waals surface area contributed by atoms with Gasteiger partial charge in [-0.3, -0.25) is 14.8 Å². The largest absolute Gasteiger partial charge is 0.494 e. The second-order valence-corrected chi connectivity index (χ2v) is 7.67. The van der Waals surface area contributed by atoms with Crippen LogP contribution in [0.3, 0.4) is 0 Å². The predicted octanol–water partition coefficient (Wildman–Crippen LogP) is 2.73. The monoisotopic (exact) mass is 414 g/mol. The standard InChI is InChI=1S/C23H22N6O2/c1-14-15(2)23(27-29-21(30)5-8-25-22(14)29)28-9-6-19-17(13-28)10-16(11-26-19)18-4-7-24-12-20(18)31-3/h4-5,7-8,10-12H,6,9,13H2,1-3H3. The third-order valence-corrected chi connectivity index (χ3v) is 5.91. The highest BCUT2D eigenvalue weighted by Crippen LogP contribution is 2.32. The van der Waals surface area contributed by atoms with Crippen LogP contribution in [0.25, 0.3) is 16.8 Å². The summed E-state index contributed by atoms with van der Waals surface area (Å²) in [5, 5.41) is 4.66. The molecule has 0 N–H and O–H groups in total. The quantitative estimate of drug-likeness (QED) is 0.509. The van der Waals surface area contributed by atoms with Crippen molar-refractivity contribution in [3.63, 3.8) is 0 Å². The Balaban J connectivity index is 1.56. The fraction of sp³-hybridized carbons (Fsp3) is 0.261. The summed E-state index contributed by atoms with van der Waals surface area (Å²) < 4.78 is 6.86. The molecule has 5 rings (SSSR count). The van der Waals surface area contributed by atoms with Crippen LogP contribution in [-0.4, -0.2) is 38.2 Å². The van der Waals surface area contributed by atoms with Gasteiger partial charge in [-0.15, -0.1) is 5.10 Å². The van der Waals surface area contributed by atoms with Gasteiger partial charge in [0.25, 0.3) is 5.56 Å². The van der Waals surface area contributed by atoms with E-state index >= 15 is 0 Å². The third kappa shape index (κ3) is 3.20. The van der Waals surface area contributed by atoms with E-state index in [1.54, 1.807) is 19.5 Å². The number of aromatic nitrogens is 5. The minimum Gasteiger partial charge on any atom is -0.494 e. The molecule has 0 unspecified atom stereocenters. The van der Waals surface area contributed by atoms with Gasteiger partial charge in [0.05, 0.1) is 13.3 Å². The van der Waals surface area contributed by atoms with E-state index in [2.05, 4.69) is 26.0 Å². The summed E-state index contributed by atoms with van der Waals surface area (Å²) in [6, 6.07) is 5.52. The molecule has 0 radical (unpaired) electrons. The first kappa shape index (κ1) is 19.2. The van der Waals surface area contributed by atoms with Crippen LogP contribution in [0.4, 0.5) is 5.82 Å². The van der Waals surface area contributed by atoms with Crippen molar-refractivity contribution in [3.8, 4) is 16.9 Å². The molecule has 0 bridgehead atoms. The van der Waals surface area contributed by atoms with Gasteiger partial charge in [-0.1, -0.05) is 0 Å². The van der Waals surface area contributed by atoms with Crippen molar-refractivity contribution in [1.29, 1.82) is 0 Å². The number of pyridine rings is 2. The van der Waals surface area contributed by atoms with Crippen molar-refractivity contribution in [2.75, 3.05) is 18.6 Å². The van der Waals surface area contributed by atoms with Crippen molar-refractivity contribution >= 4 is 11.5 Å². The molecular formula is C23H22N6O2. The van der Waals surface area contributed by atoms with Gasteiger partial charge in [0.1, 0.15) is 5.75 Å². The molecule has 31 heavy (non-hydrogen) atoms. The number of hydrogen-bond acceptors (Lipinski definition) is 7. The van der Waals surface area contributed by atoms with Crippen LogP contribution in [-0.2, 0) is 13.0 Å². The van der Waals surface area contributed by atoms with Crippen molar-refractivity contribution < 1.29 is 4.74 Å². The lowest BCUT2D eigenvalue weighted by atomic mass is 10.00. The number of anilines is 1. The topological polar surface area (TPSA) is 85.5 Å². The van der Waals surface area contributed by atoms with E-state index in [-0.39, 0.29) is 5.56 Å². The van der Waals surface area contributed by atoms with Gasteiger partial charge in [0, 0.05) is 72.1 Å². The van der Waals surface area contributed by atoms with Crippen molar-refractivity contribution in [2.45, 2.75) is 26.8 Å². The lowest BCUT2D eigenvalue weighted by Gasteiger charge is -2.31. The SMILES string of the molecule is COc1cnccc1-c1cnc2c(c1)CN(c1nn3c(=O)ccnc3c(C)c1C)CC2. The summed E-state index contributed by atoms with van der Waals surface area (Å²) in [6.07, 6.45) is 7.69. The zero-order chi connectivity index (χ0) is 21.5. The molecule has 0 aromatic carbocycles. The average molecular weight is 414 g/mol. The van der Waals surface area contributed by atoms with Crippen molar-refractivity contribution in [3.05, 3.63) is 75.7 Å². The fourth-order valence-corrected chi connectivity index (χ4v) is 4.09. The minimum atomic E-state index is -0.180. The molecule has 0 saturated heterocycles. The molecule has 1 aliphatic rings. The van der Waals surface area contributed by atoms with E-state index in [0.717, 1.165) is 52.3 Å². The van der Waals surface area contributed by atoms with E-state index in [1.807, 2.05) is 26.1 Å². The van der Waals surface area contributed by atoms with Crippen molar-refractivity contribution in [2.24, 2.45) is 0 Å². The van der Waals surface area contributed by atoms with Crippen LogP contribution >= 0.6 is 0 Å². The highest BCUT2D eigenvalue weighted by Gasteiger charge is 2.23. The molecular weight excluding hydrogens is 392 g/mol. The minimum absolute atomic E-state index is 0.180. The van der Waals surface area contributed by atoms with Crippen LogP contribution in [0, 0.1) is 13.8 Å². The first-order valence-electron chi connectivity index (χ1n) is 10.1. The van der Waals surface area contributed by atoms with Crippen LogP contribution in [0.1, 0.15) is 22.4 Å². The van der Waals surface area contributed by atoms with Crippen LogP contribution in [0.2, 0.25) is 0 Å². The summed E-state index contributed by atoms with van der Waals surface area (Å²) in [5.41, 5.74) is 6.57. The fourth-order valence-electron chi connectivity index (χ4n) is 4.09. The van der Waals surface area contributed by atoms with Crippen molar-refractivity contribution in [1.82, 2.24) is 24.6 Å². The molecule has 0 spiro atoms. The molecule has 0 fully saturated rings. The van der Waals surface area contributed by atoms with Gasteiger partial charge >= 0.3 is 0 Å². The number of hydrogen-bond donors (Lipinski definition) is 0. The Labute approximate surface area is 179 Å². The molecule has 0 atom stereocenters. The summed E-state index contributed by atoms with van der Waals surface area (Å²) in [5.74, 6) is 1.52. The van der Waals surface area contributed by atoms with E-state index in [0.29, 0.717) is 17.9 Å². The Hall–Kier alpha value is -3.81. The first-order valence-corrected chi connectivity index (χ1v) is 10.1. The Morgan fingerprint density at radius 1 is 1.06 bits per heavy atom. The van der Waals surface area contributed by atoms with Gasteiger partial charge in [-0.05, 0) is 31.5 Å². The Kier molecular flexibility index (Phi) is 4.62.